The third-order valence-electron chi connectivity index (χ3n) is 3.42. The fourth-order valence-electron chi connectivity index (χ4n) is 2.48. The van der Waals surface area contributed by atoms with Crippen LogP contribution >= 0.6 is 23.8 Å². The van der Waals surface area contributed by atoms with E-state index in [4.69, 9.17) is 34.3 Å². The number of nitrogens with two attached hydrogens (primary N) is 1. The van der Waals surface area contributed by atoms with Crippen molar-refractivity contribution in [1.82, 2.24) is 0 Å². The van der Waals surface area contributed by atoms with Gasteiger partial charge in [-0.15, -0.1) is 0 Å². The zero-order valence-corrected chi connectivity index (χ0v) is 12.6. The molecule has 1 aromatic rings. The van der Waals surface area contributed by atoms with Crippen LogP contribution in [0.15, 0.2) is 18.2 Å². The van der Waals surface area contributed by atoms with Gasteiger partial charge in [-0.3, -0.25) is 0 Å². The molecule has 0 bridgehead atoms. The number of ether oxygens (including phenoxy) is 1. The van der Waals surface area contributed by atoms with E-state index >= 15 is 0 Å². The van der Waals surface area contributed by atoms with Crippen LogP contribution in [0.25, 0.3) is 0 Å². The molecule has 5 heteroatoms. The normalized spacial score (nSPS) is 19.2. The van der Waals surface area contributed by atoms with Crippen molar-refractivity contribution in [2.75, 3.05) is 31.7 Å². The molecule has 0 spiro atoms. The highest BCUT2D eigenvalue weighted by molar-refractivity contribution is 7.80. The van der Waals surface area contributed by atoms with Gasteiger partial charge in [0.15, 0.2) is 0 Å². The van der Waals surface area contributed by atoms with Gasteiger partial charge in [-0.25, -0.2) is 0 Å². The van der Waals surface area contributed by atoms with Gasteiger partial charge in [0.2, 0.25) is 0 Å². The van der Waals surface area contributed by atoms with Crippen molar-refractivity contribution < 1.29 is 4.74 Å². The first-order valence-electron chi connectivity index (χ1n) is 6.46. The van der Waals surface area contributed by atoms with Crippen LogP contribution in [0.5, 0.6) is 0 Å². The Kier molecular flexibility index (Phi) is 5.02. The lowest BCUT2D eigenvalue weighted by molar-refractivity contribution is 0.0576. The van der Waals surface area contributed by atoms with E-state index in [0.29, 0.717) is 15.9 Å². The maximum atomic E-state index is 6.00. The minimum Gasteiger partial charge on any atom is -0.389 e. The maximum Gasteiger partial charge on any atom is 0.106 e. The van der Waals surface area contributed by atoms with Crippen molar-refractivity contribution in [3.8, 4) is 0 Å². The summed E-state index contributed by atoms with van der Waals surface area (Å²) in [7, 11) is 2.06. The lowest BCUT2D eigenvalue weighted by atomic mass is 10.0. The van der Waals surface area contributed by atoms with Gasteiger partial charge in [-0.05, 0) is 37.0 Å². The Balaban J connectivity index is 2.13. The SMILES string of the molecule is CN(CC1CCCOC1)c1ccc(Cl)cc1C(N)=S. The van der Waals surface area contributed by atoms with Crippen LogP contribution in [0.1, 0.15) is 18.4 Å². The summed E-state index contributed by atoms with van der Waals surface area (Å²) in [5.74, 6) is 0.564. The van der Waals surface area contributed by atoms with Gasteiger partial charge in [0.1, 0.15) is 4.99 Å². The summed E-state index contributed by atoms with van der Waals surface area (Å²) in [4.78, 5) is 2.56. The van der Waals surface area contributed by atoms with Crippen LogP contribution in [0, 0.1) is 5.92 Å². The number of hydrogen-bond donors (Lipinski definition) is 1. The predicted octanol–water partition coefficient (Wildman–Crippen LogP) is 2.84. The molecule has 2 N–H and O–H groups in total. The van der Waals surface area contributed by atoms with E-state index in [2.05, 4.69) is 11.9 Å². The molecule has 2 rings (SSSR count). The van der Waals surface area contributed by atoms with E-state index in [1.807, 2.05) is 18.2 Å². The highest BCUT2D eigenvalue weighted by Crippen LogP contribution is 2.25. The van der Waals surface area contributed by atoms with E-state index in [9.17, 15) is 0 Å². The van der Waals surface area contributed by atoms with Crippen LogP contribution in [-0.4, -0.2) is 31.8 Å². The monoisotopic (exact) mass is 298 g/mol. The minimum absolute atomic E-state index is 0.379. The number of thiocarbonyl (C=S) groups is 1. The number of hydrogen-bond acceptors (Lipinski definition) is 3. The summed E-state index contributed by atoms with van der Waals surface area (Å²) in [5.41, 5.74) is 7.64. The Labute approximate surface area is 124 Å². The van der Waals surface area contributed by atoms with Gasteiger partial charge >= 0.3 is 0 Å². The summed E-state index contributed by atoms with van der Waals surface area (Å²) in [6.07, 6.45) is 2.35. The molecule has 0 amide bonds. The summed E-state index contributed by atoms with van der Waals surface area (Å²) in [6.45, 7) is 2.66. The first kappa shape index (κ1) is 14.6. The van der Waals surface area contributed by atoms with Crippen molar-refractivity contribution in [2.24, 2.45) is 11.7 Å². The van der Waals surface area contributed by atoms with E-state index in [0.717, 1.165) is 37.4 Å². The number of anilines is 1. The molecule has 3 nitrogen and oxygen atoms in total. The van der Waals surface area contributed by atoms with Crippen LogP contribution in [0.3, 0.4) is 0 Å². The second-order valence-corrected chi connectivity index (χ2v) is 5.87. The van der Waals surface area contributed by atoms with Crippen molar-refractivity contribution in [3.05, 3.63) is 28.8 Å². The minimum atomic E-state index is 0.379. The molecule has 1 aliphatic heterocycles. The van der Waals surface area contributed by atoms with Gasteiger partial charge in [0, 0.05) is 36.5 Å². The molecule has 1 fully saturated rings. The Hall–Kier alpha value is -0.840. The van der Waals surface area contributed by atoms with Gasteiger partial charge in [0.05, 0.1) is 6.61 Å². The van der Waals surface area contributed by atoms with E-state index in [-0.39, 0.29) is 0 Å². The van der Waals surface area contributed by atoms with Crippen molar-refractivity contribution in [2.45, 2.75) is 12.8 Å². The number of nitrogens with zero attached hydrogens (tertiary/aromatic N) is 1. The average Bonchev–Trinajstić information content (AvgIpc) is 2.39. The molecular weight excluding hydrogens is 280 g/mol. The second kappa shape index (κ2) is 6.55. The van der Waals surface area contributed by atoms with Crippen LogP contribution in [-0.2, 0) is 4.74 Å². The lowest BCUT2D eigenvalue weighted by Gasteiger charge is -2.29. The van der Waals surface area contributed by atoms with Crippen molar-refractivity contribution >= 4 is 34.5 Å². The van der Waals surface area contributed by atoms with Crippen molar-refractivity contribution in [1.29, 1.82) is 0 Å². The zero-order valence-electron chi connectivity index (χ0n) is 11.1. The first-order chi connectivity index (χ1) is 9.08. The Bertz CT molecular complexity index is 461. The summed E-state index contributed by atoms with van der Waals surface area (Å²) < 4.78 is 5.52. The van der Waals surface area contributed by atoms with E-state index in [1.165, 1.54) is 6.42 Å². The van der Waals surface area contributed by atoms with Crippen molar-refractivity contribution in [3.63, 3.8) is 0 Å². The van der Waals surface area contributed by atoms with Crippen LogP contribution < -0.4 is 10.6 Å². The van der Waals surface area contributed by atoms with Gasteiger partial charge in [-0.2, -0.15) is 0 Å². The van der Waals surface area contributed by atoms with E-state index in [1.54, 1.807) is 0 Å². The molecule has 0 saturated carbocycles. The highest BCUT2D eigenvalue weighted by Gasteiger charge is 2.18. The summed E-state index contributed by atoms with van der Waals surface area (Å²) in [5, 5.41) is 0.654. The molecule has 1 unspecified atom stereocenters. The molecule has 1 atom stereocenters. The molecule has 1 aliphatic rings. The third kappa shape index (κ3) is 3.81. The molecule has 104 valence electrons. The number of halogens is 1. The quantitative estimate of drug-likeness (QED) is 0.868. The Morgan fingerprint density at radius 2 is 2.37 bits per heavy atom. The Morgan fingerprint density at radius 3 is 3.00 bits per heavy atom. The third-order valence-corrected chi connectivity index (χ3v) is 3.88. The molecule has 0 aliphatic carbocycles. The molecular formula is C14H19ClN2OS. The van der Waals surface area contributed by atoms with E-state index < -0.39 is 0 Å². The fraction of sp³-hybridized carbons (Fsp3) is 0.500. The fourth-order valence-corrected chi connectivity index (χ4v) is 2.81. The van der Waals surface area contributed by atoms with Crippen LogP contribution in [0.2, 0.25) is 5.02 Å². The molecule has 0 radical (unpaired) electrons. The smallest absolute Gasteiger partial charge is 0.106 e. The largest absolute Gasteiger partial charge is 0.389 e. The van der Waals surface area contributed by atoms with Gasteiger partial charge in [0.25, 0.3) is 0 Å². The zero-order chi connectivity index (χ0) is 13.8. The Morgan fingerprint density at radius 1 is 1.58 bits per heavy atom. The predicted molar refractivity (Wildman–Crippen MR) is 84.2 cm³/mol. The summed E-state index contributed by atoms with van der Waals surface area (Å²) >= 11 is 11.1. The molecule has 1 saturated heterocycles. The molecule has 1 aromatic carbocycles. The van der Waals surface area contributed by atoms with Gasteiger partial charge < -0.3 is 15.4 Å². The van der Waals surface area contributed by atoms with Crippen LogP contribution in [0.4, 0.5) is 5.69 Å². The topological polar surface area (TPSA) is 38.5 Å². The highest BCUT2D eigenvalue weighted by atomic mass is 35.5. The molecule has 1 heterocycles. The average molecular weight is 299 g/mol. The first-order valence-corrected chi connectivity index (χ1v) is 7.25. The van der Waals surface area contributed by atoms with Gasteiger partial charge in [-0.1, -0.05) is 23.8 Å². The lowest BCUT2D eigenvalue weighted by Crippen LogP contribution is -2.32. The second-order valence-electron chi connectivity index (χ2n) is 4.99. The summed E-state index contributed by atoms with van der Waals surface area (Å²) in [6, 6.07) is 5.67. The standard InChI is InChI=1S/C14H19ClN2OS/c1-17(8-10-3-2-6-18-9-10)13-5-4-11(15)7-12(13)14(16)19/h4-5,7,10H,2-3,6,8-9H2,1H3,(H2,16,19). The number of rotatable bonds is 4. The number of benzene rings is 1. The molecule has 19 heavy (non-hydrogen) atoms. The maximum absolute atomic E-state index is 6.00. The molecule has 0 aromatic heterocycles.